The normalized spacial score (nSPS) is 14.4. The summed E-state index contributed by atoms with van der Waals surface area (Å²) in [5.74, 6) is -0.325. The molecule has 1 heterocycles. The first-order valence-corrected chi connectivity index (χ1v) is 12.8. The standard InChI is InChI=1S/C25H31Cl3N4O4/c1-35-13-7-29-24(33)17-36-23-15-19(26)3-4-20(23)25(34)30-6-8-31-9-11-32(12-10-31)16-18-2-5-21(27)22(28)14-18/h2-5,14-15H,6-13,16-17H2,1H3,(H,29,33)(H,30,34). The van der Waals surface area contributed by atoms with E-state index in [0.29, 0.717) is 40.3 Å². The summed E-state index contributed by atoms with van der Waals surface area (Å²) in [4.78, 5) is 29.4. The third kappa shape index (κ3) is 9.10. The maximum absolute atomic E-state index is 12.8. The van der Waals surface area contributed by atoms with E-state index in [4.69, 9.17) is 44.3 Å². The molecule has 0 spiro atoms. The van der Waals surface area contributed by atoms with E-state index in [-0.39, 0.29) is 24.2 Å². The van der Waals surface area contributed by atoms with Gasteiger partial charge in [-0.2, -0.15) is 0 Å². The largest absolute Gasteiger partial charge is 0.483 e. The van der Waals surface area contributed by atoms with Crippen LogP contribution in [0.5, 0.6) is 5.75 Å². The molecule has 0 radical (unpaired) electrons. The maximum Gasteiger partial charge on any atom is 0.258 e. The Balaban J connectivity index is 1.41. The lowest BCUT2D eigenvalue weighted by atomic mass is 10.2. The Bertz CT molecular complexity index is 1030. The number of carbonyl (C=O) groups is 2. The van der Waals surface area contributed by atoms with E-state index in [1.165, 1.54) is 6.07 Å². The fraction of sp³-hybridized carbons (Fsp3) is 0.440. The first-order valence-electron chi connectivity index (χ1n) is 11.7. The molecule has 2 amide bonds. The van der Waals surface area contributed by atoms with Crippen LogP contribution in [0.4, 0.5) is 0 Å². The number of nitrogens with zero attached hydrogens (tertiary/aromatic N) is 2. The molecule has 0 atom stereocenters. The van der Waals surface area contributed by atoms with Gasteiger partial charge in [-0.3, -0.25) is 19.4 Å². The maximum atomic E-state index is 12.8. The van der Waals surface area contributed by atoms with Gasteiger partial charge in [0.1, 0.15) is 5.75 Å². The lowest BCUT2D eigenvalue weighted by Crippen LogP contribution is -2.48. The average Bonchev–Trinajstić information content (AvgIpc) is 2.86. The fourth-order valence-electron chi connectivity index (χ4n) is 3.78. The van der Waals surface area contributed by atoms with Crippen LogP contribution in [0.25, 0.3) is 0 Å². The zero-order valence-corrected chi connectivity index (χ0v) is 22.5. The number of hydrogen-bond acceptors (Lipinski definition) is 6. The molecule has 11 heteroatoms. The highest BCUT2D eigenvalue weighted by molar-refractivity contribution is 6.42. The SMILES string of the molecule is COCCNC(=O)COc1cc(Cl)ccc1C(=O)NCCN1CCN(Cc2ccc(Cl)c(Cl)c2)CC1. The van der Waals surface area contributed by atoms with Crippen molar-refractivity contribution in [2.75, 3.05) is 66.1 Å². The van der Waals surface area contributed by atoms with Gasteiger partial charge in [0, 0.05) is 64.5 Å². The summed E-state index contributed by atoms with van der Waals surface area (Å²) in [7, 11) is 1.55. The molecule has 0 bridgehead atoms. The summed E-state index contributed by atoms with van der Waals surface area (Å²) in [6, 6.07) is 10.5. The predicted molar refractivity (Wildman–Crippen MR) is 142 cm³/mol. The second kappa shape index (κ2) is 14.6. The molecular weight excluding hydrogens is 527 g/mol. The van der Waals surface area contributed by atoms with Crippen molar-refractivity contribution >= 4 is 46.6 Å². The second-order valence-electron chi connectivity index (χ2n) is 8.39. The van der Waals surface area contributed by atoms with Gasteiger partial charge in [0.25, 0.3) is 11.8 Å². The number of ether oxygens (including phenoxy) is 2. The Labute approximate surface area is 226 Å². The molecular formula is C25H31Cl3N4O4. The summed E-state index contributed by atoms with van der Waals surface area (Å²) in [5.41, 5.74) is 1.47. The van der Waals surface area contributed by atoms with Crippen LogP contribution >= 0.6 is 34.8 Å². The van der Waals surface area contributed by atoms with E-state index in [1.807, 2.05) is 18.2 Å². The van der Waals surface area contributed by atoms with E-state index < -0.39 is 0 Å². The lowest BCUT2D eigenvalue weighted by Gasteiger charge is -2.34. The highest BCUT2D eigenvalue weighted by Crippen LogP contribution is 2.24. The van der Waals surface area contributed by atoms with E-state index in [0.717, 1.165) is 44.8 Å². The number of piperazine rings is 1. The number of carbonyl (C=O) groups excluding carboxylic acids is 2. The van der Waals surface area contributed by atoms with Crippen molar-refractivity contribution in [3.8, 4) is 5.75 Å². The van der Waals surface area contributed by atoms with E-state index in [1.54, 1.807) is 19.2 Å². The Morgan fingerprint density at radius 3 is 2.39 bits per heavy atom. The van der Waals surface area contributed by atoms with Crippen LogP contribution in [-0.4, -0.2) is 87.8 Å². The van der Waals surface area contributed by atoms with Crippen molar-refractivity contribution in [3.63, 3.8) is 0 Å². The van der Waals surface area contributed by atoms with Gasteiger partial charge in [-0.05, 0) is 35.9 Å². The average molecular weight is 558 g/mol. The highest BCUT2D eigenvalue weighted by atomic mass is 35.5. The van der Waals surface area contributed by atoms with Gasteiger partial charge < -0.3 is 20.1 Å². The van der Waals surface area contributed by atoms with Crippen molar-refractivity contribution in [3.05, 3.63) is 62.6 Å². The molecule has 0 saturated carbocycles. The smallest absolute Gasteiger partial charge is 0.258 e. The van der Waals surface area contributed by atoms with Gasteiger partial charge in [0.15, 0.2) is 6.61 Å². The van der Waals surface area contributed by atoms with Crippen LogP contribution < -0.4 is 15.4 Å². The molecule has 0 aromatic heterocycles. The minimum Gasteiger partial charge on any atom is -0.483 e. The molecule has 2 N–H and O–H groups in total. The Kier molecular flexibility index (Phi) is 11.6. The minimum atomic E-state index is -0.309. The Morgan fingerprint density at radius 2 is 1.67 bits per heavy atom. The molecule has 0 unspecified atom stereocenters. The molecule has 1 aliphatic heterocycles. The third-order valence-electron chi connectivity index (χ3n) is 5.74. The number of benzene rings is 2. The van der Waals surface area contributed by atoms with Crippen LogP contribution in [0.3, 0.4) is 0 Å². The number of rotatable bonds is 12. The van der Waals surface area contributed by atoms with E-state index >= 15 is 0 Å². The van der Waals surface area contributed by atoms with E-state index in [9.17, 15) is 9.59 Å². The molecule has 3 rings (SSSR count). The van der Waals surface area contributed by atoms with Gasteiger partial charge >= 0.3 is 0 Å². The number of hydrogen-bond donors (Lipinski definition) is 2. The van der Waals surface area contributed by atoms with Gasteiger partial charge in [0.05, 0.1) is 22.2 Å². The van der Waals surface area contributed by atoms with Crippen LogP contribution in [0.1, 0.15) is 15.9 Å². The van der Waals surface area contributed by atoms with Crippen LogP contribution in [0.15, 0.2) is 36.4 Å². The highest BCUT2D eigenvalue weighted by Gasteiger charge is 2.18. The minimum absolute atomic E-state index is 0.225. The zero-order chi connectivity index (χ0) is 25.9. The summed E-state index contributed by atoms with van der Waals surface area (Å²) in [5, 5.41) is 7.16. The summed E-state index contributed by atoms with van der Waals surface area (Å²) < 4.78 is 10.5. The molecule has 2 aromatic rings. The predicted octanol–water partition coefficient (Wildman–Crippen LogP) is 3.34. The first kappa shape index (κ1) is 28.5. The number of amides is 2. The molecule has 0 aliphatic carbocycles. The fourth-order valence-corrected chi connectivity index (χ4v) is 4.26. The zero-order valence-electron chi connectivity index (χ0n) is 20.2. The van der Waals surface area contributed by atoms with Crippen LogP contribution in [0.2, 0.25) is 15.1 Å². The van der Waals surface area contributed by atoms with Gasteiger partial charge in [-0.25, -0.2) is 0 Å². The van der Waals surface area contributed by atoms with Gasteiger partial charge in [0.2, 0.25) is 0 Å². The Morgan fingerprint density at radius 1 is 0.917 bits per heavy atom. The molecule has 196 valence electrons. The van der Waals surface area contributed by atoms with Gasteiger partial charge in [-0.1, -0.05) is 40.9 Å². The van der Waals surface area contributed by atoms with Gasteiger partial charge in [-0.15, -0.1) is 0 Å². The monoisotopic (exact) mass is 556 g/mol. The van der Waals surface area contributed by atoms with Crippen molar-refractivity contribution in [1.29, 1.82) is 0 Å². The molecule has 8 nitrogen and oxygen atoms in total. The van der Waals surface area contributed by atoms with Crippen molar-refractivity contribution in [2.45, 2.75) is 6.54 Å². The number of methoxy groups -OCH3 is 1. The van der Waals surface area contributed by atoms with Crippen molar-refractivity contribution < 1.29 is 19.1 Å². The summed E-state index contributed by atoms with van der Waals surface area (Å²) >= 11 is 18.2. The number of nitrogens with one attached hydrogen (secondary N) is 2. The topological polar surface area (TPSA) is 83.1 Å². The molecule has 1 fully saturated rings. The molecule has 2 aromatic carbocycles. The van der Waals surface area contributed by atoms with Crippen molar-refractivity contribution in [1.82, 2.24) is 20.4 Å². The number of halogens is 3. The first-order chi connectivity index (χ1) is 17.4. The molecule has 1 saturated heterocycles. The Hall–Kier alpha value is -2.07. The van der Waals surface area contributed by atoms with Crippen LogP contribution in [-0.2, 0) is 16.1 Å². The summed E-state index contributed by atoms with van der Waals surface area (Å²) in [6.07, 6.45) is 0. The third-order valence-corrected chi connectivity index (χ3v) is 6.72. The van der Waals surface area contributed by atoms with Crippen LogP contribution in [0, 0.1) is 0 Å². The summed E-state index contributed by atoms with van der Waals surface area (Å²) in [6.45, 7) is 6.28. The van der Waals surface area contributed by atoms with Crippen molar-refractivity contribution in [2.24, 2.45) is 0 Å². The quantitative estimate of drug-likeness (QED) is 0.390. The second-order valence-corrected chi connectivity index (χ2v) is 9.64. The molecule has 36 heavy (non-hydrogen) atoms. The molecule has 1 aliphatic rings. The van der Waals surface area contributed by atoms with E-state index in [2.05, 4.69) is 20.4 Å². The lowest BCUT2D eigenvalue weighted by molar-refractivity contribution is -0.123.